The third kappa shape index (κ3) is 6.10. The van der Waals surface area contributed by atoms with Crippen molar-refractivity contribution in [1.29, 1.82) is 0 Å². The van der Waals surface area contributed by atoms with Crippen LogP contribution in [0.5, 0.6) is 0 Å². The zero-order valence-electron chi connectivity index (χ0n) is 18.7. The summed E-state index contributed by atoms with van der Waals surface area (Å²) in [7, 11) is 0. The Labute approximate surface area is 210 Å². The number of rotatable bonds is 8. The number of aromatic amines is 1. The van der Waals surface area contributed by atoms with Crippen LogP contribution >= 0.6 is 11.6 Å². The van der Waals surface area contributed by atoms with Gasteiger partial charge in [-0.05, 0) is 60.5 Å². The SMILES string of the molecule is O=C(Nc1ccc(NC(=O)c2nc[nH]c2C(=O)NCCc2cccnc2)cc1)c1ccc(F)cc1Cl. The van der Waals surface area contributed by atoms with E-state index in [1.807, 2.05) is 12.1 Å². The molecule has 0 atom stereocenters. The Kier molecular flexibility index (Phi) is 7.66. The van der Waals surface area contributed by atoms with Gasteiger partial charge in [-0.15, -0.1) is 0 Å². The highest BCUT2D eigenvalue weighted by molar-refractivity contribution is 6.34. The molecule has 182 valence electrons. The van der Waals surface area contributed by atoms with Gasteiger partial charge in [0.15, 0.2) is 5.69 Å². The van der Waals surface area contributed by atoms with Gasteiger partial charge in [0.2, 0.25) is 0 Å². The van der Waals surface area contributed by atoms with E-state index in [0.717, 1.165) is 17.7 Å². The summed E-state index contributed by atoms with van der Waals surface area (Å²) >= 11 is 5.93. The molecule has 9 nitrogen and oxygen atoms in total. The number of anilines is 2. The summed E-state index contributed by atoms with van der Waals surface area (Å²) in [5, 5.41) is 8.06. The maximum Gasteiger partial charge on any atom is 0.276 e. The normalized spacial score (nSPS) is 10.5. The number of pyridine rings is 1. The van der Waals surface area contributed by atoms with Gasteiger partial charge in [0.25, 0.3) is 17.7 Å². The smallest absolute Gasteiger partial charge is 0.276 e. The lowest BCUT2D eigenvalue weighted by Crippen LogP contribution is -2.28. The number of aromatic nitrogens is 3. The van der Waals surface area contributed by atoms with E-state index in [1.165, 1.54) is 12.4 Å². The molecule has 0 aliphatic heterocycles. The second-order valence-corrected chi connectivity index (χ2v) is 8.01. The fourth-order valence-electron chi connectivity index (χ4n) is 3.29. The fraction of sp³-hybridized carbons (Fsp3) is 0.0800. The first-order valence-corrected chi connectivity index (χ1v) is 11.2. The van der Waals surface area contributed by atoms with Crippen LogP contribution in [-0.4, -0.2) is 39.2 Å². The van der Waals surface area contributed by atoms with Crippen molar-refractivity contribution in [3.63, 3.8) is 0 Å². The quantitative estimate of drug-likeness (QED) is 0.286. The van der Waals surface area contributed by atoms with E-state index in [4.69, 9.17) is 11.6 Å². The van der Waals surface area contributed by atoms with Crippen molar-refractivity contribution in [1.82, 2.24) is 20.3 Å². The lowest BCUT2D eigenvalue weighted by molar-refractivity contribution is 0.0935. The summed E-state index contributed by atoms with van der Waals surface area (Å²) in [6.07, 6.45) is 5.25. The average Bonchev–Trinajstić information content (AvgIpc) is 3.36. The number of amides is 3. The minimum atomic E-state index is -0.580. The molecule has 0 saturated carbocycles. The molecule has 4 N–H and O–H groups in total. The average molecular weight is 507 g/mol. The van der Waals surface area contributed by atoms with Crippen LogP contribution in [0.4, 0.5) is 15.8 Å². The van der Waals surface area contributed by atoms with Crippen LogP contribution < -0.4 is 16.0 Å². The Morgan fingerprint density at radius 2 is 1.67 bits per heavy atom. The van der Waals surface area contributed by atoms with Crippen molar-refractivity contribution in [2.24, 2.45) is 0 Å². The van der Waals surface area contributed by atoms with Crippen LogP contribution in [-0.2, 0) is 6.42 Å². The maximum absolute atomic E-state index is 13.2. The Bertz CT molecular complexity index is 1390. The standard InChI is InChI=1S/C25H20ClFN6O3/c26-20-12-16(27)3-8-19(20)23(34)32-17-4-6-18(7-5-17)33-25(36)22-21(30-14-31-22)24(35)29-11-9-15-2-1-10-28-13-15/h1-8,10,12-14H,9,11H2,(H,29,35)(H,30,31)(H,32,34)(H,33,36). The van der Waals surface area contributed by atoms with Gasteiger partial charge in [0.05, 0.1) is 16.9 Å². The molecule has 4 aromatic rings. The number of hydrogen-bond donors (Lipinski definition) is 4. The highest BCUT2D eigenvalue weighted by Crippen LogP contribution is 2.20. The van der Waals surface area contributed by atoms with E-state index in [-0.39, 0.29) is 22.0 Å². The van der Waals surface area contributed by atoms with Crippen molar-refractivity contribution >= 4 is 40.7 Å². The molecule has 0 aliphatic rings. The van der Waals surface area contributed by atoms with E-state index in [9.17, 15) is 18.8 Å². The molecule has 2 aromatic heterocycles. The van der Waals surface area contributed by atoms with Gasteiger partial charge < -0.3 is 20.9 Å². The molecule has 3 amide bonds. The number of nitrogens with zero attached hydrogens (tertiary/aromatic N) is 2. The van der Waals surface area contributed by atoms with E-state index in [2.05, 4.69) is 30.9 Å². The van der Waals surface area contributed by atoms with Crippen molar-refractivity contribution in [3.8, 4) is 0 Å². The molecule has 4 rings (SSSR count). The number of hydrogen-bond acceptors (Lipinski definition) is 5. The molecular formula is C25H20ClFN6O3. The van der Waals surface area contributed by atoms with E-state index >= 15 is 0 Å². The molecule has 0 radical (unpaired) electrons. The van der Waals surface area contributed by atoms with Crippen LogP contribution in [0.2, 0.25) is 5.02 Å². The molecule has 0 fully saturated rings. The summed E-state index contributed by atoms with van der Waals surface area (Å²) in [5.74, 6) is -2.09. The Morgan fingerprint density at radius 3 is 2.33 bits per heavy atom. The number of imidazole rings is 1. The summed E-state index contributed by atoms with van der Waals surface area (Å²) in [6.45, 7) is 0.362. The van der Waals surface area contributed by atoms with Gasteiger partial charge in [-0.1, -0.05) is 17.7 Å². The van der Waals surface area contributed by atoms with Crippen LogP contribution in [0.15, 0.2) is 73.3 Å². The van der Waals surface area contributed by atoms with Crippen molar-refractivity contribution < 1.29 is 18.8 Å². The predicted octanol–water partition coefficient (Wildman–Crippen LogP) is 4.07. The number of nitrogens with one attached hydrogen (secondary N) is 4. The Hall–Kier alpha value is -4.57. The predicted molar refractivity (Wildman–Crippen MR) is 133 cm³/mol. The molecule has 2 aromatic carbocycles. The minimum Gasteiger partial charge on any atom is -0.350 e. The summed E-state index contributed by atoms with van der Waals surface area (Å²) in [5.41, 5.74) is 1.94. The molecule has 0 aliphatic carbocycles. The topological polar surface area (TPSA) is 129 Å². The molecule has 0 spiro atoms. The van der Waals surface area contributed by atoms with Crippen molar-refractivity contribution in [3.05, 3.63) is 107 Å². The van der Waals surface area contributed by atoms with Crippen LogP contribution in [0, 0.1) is 5.82 Å². The molecule has 0 saturated heterocycles. The summed E-state index contributed by atoms with van der Waals surface area (Å²) in [4.78, 5) is 48.3. The first kappa shape index (κ1) is 24.6. The van der Waals surface area contributed by atoms with Crippen LogP contribution in [0.1, 0.15) is 36.9 Å². The minimum absolute atomic E-state index is 0.00713. The van der Waals surface area contributed by atoms with E-state index < -0.39 is 23.5 Å². The molecule has 2 heterocycles. The number of halogens is 2. The van der Waals surface area contributed by atoms with Gasteiger partial charge in [-0.3, -0.25) is 19.4 Å². The van der Waals surface area contributed by atoms with Crippen LogP contribution in [0.25, 0.3) is 0 Å². The number of carbonyl (C=O) groups excluding carboxylic acids is 3. The fourth-order valence-corrected chi connectivity index (χ4v) is 3.55. The van der Waals surface area contributed by atoms with Crippen LogP contribution in [0.3, 0.4) is 0 Å². The number of carbonyl (C=O) groups is 3. The second kappa shape index (κ2) is 11.2. The number of H-pyrrole nitrogens is 1. The third-order valence-electron chi connectivity index (χ3n) is 5.08. The molecule has 0 bridgehead atoms. The summed E-state index contributed by atoms with van der Waals surface area (Å²) < 4.78 is 13.2. The first-order valence-electron chi connectivity index (χ1n) is 10.8. The van der Waals surface area contributed by atoms with Gasteiger partial charge in [-0.2, -0.15) is 0 Å². The molecule has 0 unspecified atom stereocenters. The lowest BCUT2D eigenvalue weighted by atomic mass is 10.2. The molecular weight excluding hydrogens is 487 g/mol. The first-order chi connectivity index (χ1) is 17.4. The zero-order valence-corrected chi connectivity index (χ0v) is 19.5. The summed E-state index contributed by atoms with van der Waals surface area (Å²) in [6, 6.07) is 13.5. The van der Waals surface area contributed by atoms with Gasteiger partial charge in [0.1, 0.15) is 11.5 Å². The largest absolute Gasteiger partial charge is 0.350 e. The number of benzene rings is 2. The van der Waals surface area contributed by atoms with Gasteiger partial charge in [-0.25, -0.2) is 9.37 Å². The second-order valence-electron chi connectivity index (χ2n) is 7.60. The third-order valence-corrected chi connectivity index (χ3v) is 5.39. The van der Waals surface area contributed by atoms with Crippen molar-refractivity contribution in [2.45, 2.75) is 6.42 Å². The Balaban J connectivity index is 1.34. The Morgan fingerprint density at radius 1 is 0.944 bits per heavy atom. The maximum atomic E-state index is 13.2. The molecule has 36 heavy (non-hydrogen) atoms. The van der Waals surface area contributed by atoms with E-state index in [0.29, 0.717) is 24.3 Å². The van der Waals surface area contributed by atoms with E-state index in [1.54, 1.807) is 36.7 Å². The highest BCUT2D eigenvalue weighted by Gasteiger charge is 2.20. The molecule has 11 heteroatoms. The zero-order chi connectivity index (χ0) is 25.5. The highest BCUT2D eigenvalue weighted by atomic mass is 35.5. The van der Waals surface area contributed by atoms with Gasteiger partial charge >= 0.3 is 0 Å². The lowest BCUT2D eigenvalue weighted by Gasteiger charge is -2.09. The monoisotopic (exact) mass is 506 g/mol. The van der Waals surface area contributed by atoms with Crippen molar-refractivity contribution in [2.75, 3.05) is 17.2 Å². The van der Waals surface area contributed by atoms with Gasteiger partial charge in [0, 0.05) is 30.3 Å².